The zero-order valence-corrected chi connectivity index (χ0v) is 7.44. The highest BCUT2D eigenvalue weighted by atomic mass is 16.1. The normalized spacial score (nSPS) is 32.4. The lowest BCUT2D eigenvalue weighted by atomic mass is 9.71. The van der Waals surface area contributed by atoms with Crippen molar-refractivity contribution in [2.75, 3.05) is 0 Å². The molecule has 2 aliphatic rings. The van der Waals surface area contributed by atoms with E-state index in [1.807, 2.05) is 0 Å². The first-order valence-electron chi connectivity index (χ1n) is 4.58. The fourth-order valence-electron chi connectivity index (χ4n) is 2.11. The van der Waals surface area contributed by atoms with Crippen molar-refractivity contribution in [1.29, 1.82) is 0 Å². The number of carbonyl (C=O) groups excluding carboxylic acids is 1. The Morgan fingerprint density at radius 1 is 1.09 bits per heavy atom. The maximum absolute atomic E-state index is 11.6. The van der Waals surface area contributed by atoms with Gasteiger partial charge in [-0.05, 0) is 31.1 Å². The van der Waals surface area contributed by atoms with Crippen LogP contribution in [0.5, 0.6) is 0 Å². The summed E-state index contributed by atoms with van der Waals surface area (Å²) in [6, 6.07) is 0. The summed E-state index contributed by atoms with van der Waals surface area (Å²) in [5.41, 5.74) is 0.500. The molecule has 0 aromatic heterocycles. The van der Waals surface area contributed by atoms with Crippen LogP contribution in [0.1, 0.15) is 46.0 Å². The second-order valence-electron chi connectivity index (χ2n) is 5.04. The number of rotatable bonds is 0. The lowest BCUT2D eigenvalue weighted by molar-refractivity contribution is -0.129. The highest BCUT2D eigenvalue weighted by Gasteiger charge is 2.53. The van der Waals surface area contributed by atoms with Gasteiger partial charge in [0, 0.05) is 11.8 Å². The fraction of sp³-hybridized carbons (Fsp3) is 0.900. The van der Waals surface area contributed by atoms with Gasteiger partial charge in [0.05, 0.1) is 0 Å². The van der Waals surface area contributed by atoms with Crippen LogP contribution in [0.3, 0.4) is 0 Å². The zero-order valence-electron chi connectivity index (χ0n) is 7.44. The zero-order chi connectivity index (χ0) is 8.11. The minimum Gasteiger partial charge on any atom is -0.299 e. The molecule has 2 rings (SSSR count). The molecule has 0 atom stereocenters. The van der Waals surface area contributed by atoms with E-state index in [-0.39, 0.29) is 5.41 Å². The molecule has 0 radical (unpaired) electrons. The van der Waals surface area contributed by atoms with Gasteiger partial charge in [0.1, 0.15) is 5.78 Å². The molecular weight excluding hydrogens is 136 g/mol. The van der Waals surface area contributed by atoms with Gasteiger partial charge in [-0.15, -0.1) is 0 Å². The van der Waals surface area contributed by atoms with Crippen molar-refractivity contribution >= 4 is 5.78 Å². The smallest absolute Gasteiger partial charge is 0.139 e. The van der Waals surface area contributed by atoms with Crippen molar-refractivity contribution in [3.8, 4) is 0 Å². The molecule has 62 valence electrons. The van der Waals surface area contributed by atoms with Crippen LogP contribution in [-0.4, -0.2) is 5.78 Å². The SMILES string of the molecule is CC1(C)CCC2(CC2)C(=O)C1. The number of hydrogen-bond acceptors (Lipinski definition) is 1. The molecule has 1 spiro atoms. The van der Waals surface area contributed by atoms with E-state index < -0.39 is 0 Å². The van der Waals surface area contributed by atoms with Gasteiger partial charge in [0.25, 0.3) is 0 Å². The van der Waals surface area contributed by atoms with E-state index in [2.05, 4.69) is 13.8 Å². The molecule has 11 heavy (non-hydrogen) atoms. The highest BCUT2D eigenvalue weighted by molar-refractivity contribution is 5.88. The van der Waals surface area contributed by atoms with E-state index in [9.17, 15) is 4.79 Å². The maximum Gasteiger partial charge on any atom is 0.139 e. The summed E-state index contributed by atoms with van der Waals surface area (Å²) in [7, 11) is 0. The van der Waals surface area contributed by atoms with E-state index in [1.54, 1.807) is 0 Å². The molecule has 0 aromatic carbocycles. The highest BCUT2D eigenvalue weighted by Crippen LogP contribution is 2.57. The third-order valence-corrected chi connectivity index (χ3v) is 3.36. The number of Topliss-reactive ketones (excluding diaryl/α,β-unsaturated/α-hetero) is 1. The maximum atomic E-state index is 11.6. The van der Waals surface area contributed by atoms with Crippen LogP contribution in [-0.2, 0) is 4.79 Å². The first-order chi connectivity index (χ1) is 5.04. The number of carbonyl (C=O) groups is 1. The van der Waals surface area contributed by atoms with E-state index in [1.165, 1.54) is 25.7 Å². The Morgan fingerprint density at radius 2 is 1.64 bits per heavy atom. The molecule has 0 saturated heterocycles. The van der Waals surface area contributed by atoms with Crippen LogP contribution in [0.2, 0.25) is 0 Å². The molecule has 1 heteroatoms. The van der Waals surface area contributed by atoms with Gasteiger partial charge in [-0.2, -0.15) is 0 Å². The van der Waals surface area contributed by atoms with Gasteiger partial charge in [0.2, 0.25) is 0 Å². The Balaban J connectivity index is 2.11. The molecule has 0 aliphatic heterocycles. The standard InChI is InChI=1S/C10H16O/c1-9(2)3-4-10(5-6-10)8(11)7-9/h3-7H2,1-2H3. The van der Waals surface area contributed by atoms with Crippen LogP contribution < -0.4 is 0 Å². The molecule has 2 fully saturated rings. The Hall–Kier alpha value is -0.330. The Labute approximate surface area is 68.2 Å². The van der Waals surface area contributed by atoms with Crippen LogP contribution >= 0.6 is 0 Å². The summed E-state index contributed by atoms with van der Waals surface area (Å²) < 4.78 is 0. The topological polar surface area (TPSA) is 17.1 Å². The molecule has 2 aliphatic carbocycles. The van der Waals surface area contributed by atoms with Gasteiger partial charge in [-0.3, -0.25) is 4.79 Å². The Kier molecular flexibility index (Phi) is 1.25. The summed E-state index contributed by atoms with van der Waals surface area (Å²) in [5.74, 6) is 0.550. The molecule has 0 amide bonds. The molecule has 0 N–H and O–H groups in total. The largest absolute Gasteiger partial charge is 0.299 e. The molecule has 0 heterocycles. The van der Waals surface area contributed by atoms with Crippen molar-refractivity contribution in [3.63, 3.8) is 0 Å². The number of hydrogen-bond donors (Lipinski definition) is 0. The molecule has 0 bridgehead atoms. The van der Waals surface area contributed by atoms with Crippen molar-refractivity contribution < 1.29 is 4.79 Å². The average Bonchev–Trinajstić information content (AvgIpc) is 2.60. The predicted octanol–water partition coefficient (Wildman–Crippen LogP) is 2.55. The first-order valence-corrected chi connectivity index (χ1v) is 4.58. The third-order valence-electron chi connectivity index (χ3n) is 3.36. The van der Waals surface area contributed by atoms with Crippen LogP contribution in [0, 0.1) is 10.8 Å². The molecular formula is C10H16O. The van der Waals surface area contributed by atoms with Gasteiger partial charge in [-0.25, -0.2) is 0 Å². The molecule has 0 unspecified atom stereocenters. The lowest BCUT2D eigenvalue weighted by Gasteiger charge is -2.33. The monoisotopic (exact) mass is 152 g/mol. The Bertz CT molecular complexity index is 199. The Morgan fingerprint density at radius 3 is 2.09 bits per heavy atom. The summed E-state index contributed by atoms with van der Waals surface area (Å²) in [6.07, 6.45) is 5.61. The molecule has 1 nitrogen and oxygen atoms in total. The van der Waals surface area contributed by atoms with E-state index in [0.717, 1.165) is 6.42 Å². The molecule has 2 saturated carbocycles. The summed E-state index contributed by atoms with van der Waals surface area (Å²) >= 11 is 0. The van der Waals surface area contributed by atoms with E-state index in [4.69, 9.17) is 0 Å². The third kappa shape index (κ3) is 1.11. The van der Waals surface area contributed by atoms with Crippen LogP contribution in [0.15, 0.2) is 0 Å². The summed E-state index contributed by atoms with van der Waals surface area (Å²) in [5, 5.41) is 0. The second-order valence-corrected chi connectivity index (χ2v) is 5.04. The van der Waals surface area contributed by atoms with Crippen molar-refractivity contribution in [1.82, 2.24) is 0 Å². The van der Waals surface area contributed by atoms with Gasteiger partial charge < -0.3 is 0 Å². The van der Waals surface area contributed by atoms with E-state index in [0.29, 0.717) is 11.2 Å². The quantitative estimate of drug-likeness (QED) is 0.521. The van der Waals surface area contributed by atoms with E-state index >= 15 is 0 Å². The van der Waals surface area contributed by atoms with Crippen LogP contribution in [0.4, 0.5) is 0 Å². The van der Waals surface area contributed by atoms with Crippen LogP contribution in [0.25, 0.3) is 0 Å². The molecule has 0 aromatic rings. The minimum atomic E-state index is 0.204. The van der Waals surface area contributed by atoms with Gasteiger partial charge in [0.15, 0.2) is 0 Å². The minimum absolute atomic E-state index is 0.204. The lowest BCUT2D eigenvalue weighted by Crippen LogP contribution is -2.30. The van der Waals surface area contributed by atoms with Gasteiger partial charge in [-0.1, -0.05) is 13.8 Å². The number of ketones is 1. The van der Waals surface area contributed by atoms with Gasteiger partial charge >= 0.3 is 0 Å². The van der Waals surface area contributed by atoms with Crippen molar-refractivity contribution in [3.05, 3.63) is 0 Å². The average molecular weight is 152 g/mol. The predicted molar refractivity (Wildman–Crippen MR) is 44.3 cm³/mol. The first kappa shape index (κ1) is 7.33. The van der Waals surface area contributed by atoms with Crippen molar-refractivity contribution in [2.45, 2.75) is 46.0 Å². The fourth-order valence-corrected chi connectivity index (χ4v) is 2.11. The van der Waals surface area contributed by atoms with Crippen molar-refractivity contribution in [2.24, 2.45) is 10.8 Å². The second kappa shape index (κ2) is 1.88. The summed E-state index contributed by atoms with van der Waals surface area (Å²) in [6.45, 7) is 4.42. The summed E-state index contributed by atoms with van der Waals surface area (Å²) in [4.78, 5) is 11.6.